The first-order valence-corrected chi connectivity index (χ1v) is 9.63. The highest BCUT2D eigenvalue weighted by Crippen LogP contribution is 2.37. The molecule has 0 aliphatic heterocycles. The van der Waals surface area contributed by atoms with Crippen LogP contribution in [0.3, 0.4) is 0 Å². The first-order valence-electron chi connectivity index (χ1n) is 9.63. The molecule has 0 fully saturated rings. The van der Waals surface area contributed by atoms with Crippen LogP contribution in [-0.2, 0) is 17.4 Å². The van der Waals surface area contributed by atoms with Gasteiger partial charge in [0.1, 0.15) is 0 Å². The van der Waals surface area contributed by atoms with Crippen molar-refractivity contribution < 1.29 is 0 Å². The van der Waals surface area contributed by atoms with Crippen molar-refractivity contribution >= 4 is 5.69 Å². The van der Waals surface area contributed by atoms with Crippen molar-refractivity contribution in [3.63, 3.8) is 0 Å². The van der Waals surface area contributed by atoms with E-state index < -0.39 is 0 Å². The molecule has 0 aliphatic carbocycles. The van der Waals surface area contributed by atoms with Gasteiger partial charge in [0.15, 0.2) is 0 Å². The van der Waals surface area contributed by atoms with Crippen LogP contribution in [0.5, 0.6) is 0 Å². The lowest BCUT2D eigenvalue weighted by Crippen LogP contribution is -2.36. The molecule has 1 unspecified atom stereocenters. The number of benzene rings is 2. The lowest BCUT2D eigenvalue weighted by molar-refractivity contribution is 0.516. The Kier molecular flexibility index (Phi) is 5.36. The molecule has 0 radical (unpaired) electrons. The van der Waals surface area contributed by atoms with Crippen LogP contribution in [0.25, 0.3) is 0 Å². The predicted molar refractivity (Wildman–Crippen MR) is 115 cm³/mol. The van der Waals surface area contributed by atoms with Gasteiger partial charge < -0.3 is 5.32 Å². The summed E-state index contributed by atoms with van der Waals surface area (Å²) in [6, 6.07) is 23.4. The van der Waals surface area contributed by atoms with Crippen molar-refractivity contribution in [3.8, 4) is 0 Å². The smallest absolute Gasteiger partial charge is 0.0808 e. The summed E-state index contributed by atoms with van der Waals surface area (Å²) >= 11 is 0. The molecule has 0 saturated heterocycles. The minimum Gasteiger partial charge on any atom is -0.373 e. The first kappa shape index (κ1) is 19.2. The second kappa shape index (κ2) is 7.56. The summed E-state index contributed by atoms with van der Waals surface area (Å²) in [6.45, 7) is 11.2. The molecule has 1 N–H and O–H groups in total. The van der Waals surface area contributed by atoms with E-state index in [4.69, 9.17) is 4.98 Å². The summed E-state index contributed by atoms with van der Waals surface area (Å²) in [5.41, 5.74) is 5.91. The zero-order valence-corrected chi connectivity index (χ0v) is 17.1. The highest BCUT2D eigenvalue weighted by molar-refractivity contribution is 5.61. The molecule has 1 atom stereocenters. The number of anilines is 1. The van der Waals surface area contributed by atoms with E-state index in [9.17, 15) is 0 Å². The molecule has 2 aromatic carbocycles. The largest absolute Gasteiger partial charge is 0.373 e. The van der Waals surface area contributed by atoms with Crippen LogP contribution in [0.4, 0.5) is 5.69 Å². The van der Waals surface area contributed by atoms with E-state index in [1.54, 1.807) is 0 Å². The van der Waals surface area contributed by atoms with Crippen LogP contribution in [0.1, 0.15) is 50.1 Å². The molecule has 1 aromatic heterocycles. The molecule has 0 saturated carbocycles. The molecule has 140 valence electrons. The predicted octanol–water partition coefficient (Wildman–Crippen LogP) is 6.26. The maximum atomic E-state index is 4.70. The molecule has 1 heterocycles. The molecule has 0 aliphatic rings. The maximum Gasteiger partial charge on any atom is 0.0808 e. The van der Waals surface area contributed by atoms with Gasteiger partial charge in [0.05, 0.1) is 11.2 Å². The fraction of sp³-hybridized carbons (Fsp3) is 0.320. The summed E-state index contributed by atoms with van der Waals surface area (Å²) in [6.07, 6.45) is 2.74. The highest BCUT2D eigenvalue weighted by atomic mass is 15.0. The number of aromatic nitrogens is 1. The van der Waals surface area contributed by atoms with Gasteiger partial charge in [0, 0.05) is 18.3 Å². The van der Waals surface area contributed by atoms with Crippen LogP contribution >= 0.6 is 0 Å². The quantitative estimate of drug-likeness (QED) is 0.582. The van der Waals surface area contributed by atoms with Crippen LogP contribution in [0.2, 0.25) is 0 Å². The molecule has 2 nitrogen and oxygen atoms in total. The average molecular weight is 359 g/mol. The fourth-order valence-electron chi connectivity index (χ4n) is 3.63. The SMILES string of the molecule is Cc1cccc(C(C)(C)C)c1NC(C)(Cc1ccccc1)c1ccccn1. The summed E-state index contributed by atoms with van der Waals surface area (Å²) in [4.78, 5) is 4.70. The van der Waals surface area contributed by atoms with Crippen molar-refractivity contribution in [2.75, 3.05) is 5.32 Å². The average Bonchev–Trinajstić information content (AvgIpc) is 2.64. The number of aryl methyl sites for hydroxylation is 1. The minimum atomic E-state index is -0.311. The number of pyridine rings is 1. The number of para-hydroxylation sites is 1. The second-order valence-corrected chi connectivity index (χ2v) is 8.58. The summed E-state index contributed by atoms with van der Waals surface area (Å²) in [5, 5.41) is 3.90. The van der Waals surface area contributed by atoms with Gasteiger partial charge in [-0.3, -0.25) is 4.98 Å². The summed E-state index contributed by atoms with van der Waals surface area (Å²) in [7, 11) is 0. The van der Waals surface area contributed by atoms with Crippen LogP contribution in [0.15, 0.2) is 72.9 Å². The monoisotopic (exact) mass is 358 g/mol. The fourth-order valence-corrected chi connectivity index (χ4v) is 3.63. The Bertz CT molecular complexity index is 879. The minimum absolute atomic E-state index is 0.0616. The Morgan fingerprint density at radius 1 is 0.815 bits per heavy atom. The number of hydrogen-bond donors (Lipinski definition) is 1. The van der Waals surface area contributed by atoms with Crippen molar-refractivity contribution in [1.82, 2.24) is 4.98 Å². The van der Waals surface area contributed by atoms with Crippen molar-refractivity contribution in [2.24, 2.45) is 0 Å². The number of nitrogens with one attached hydrogen (secondary N) is 1. The van der Waals surface area contributed by atoms with E-state index in [0.717, 1.165) is 12.1 Å². The van der Waals surface area contributed by atoms with Gasteiger partial charge in [-0.25, -0.2) is 0 Å². The van der Waals surface area contributed by atoms with Gasteiger partial charge in [-0.15, -0.1) is 0 Å². The van der Waals surface area contributed by atoms with E-state index in [1.165, 1.54) is 22.4 Å². The second-order valence-electron chi connectivity index (χ2n) is 8.58. The van der Waals surface area contributed by atoms with Gasteiger partial charge in [0.2, 0.25) is 0 Å². The third kappa shape index (κ3) is 4.39. The summed E-state index contributed by atoms with van der Waals surface area (Å²) < 4.78 is 0. The van der Waals surface area contributed by atoms with Crippen LogP contribution in [0, 0.1) is 6.92 Å². The molecule has 0 amide bonds. The van der Waals surface area contributed by atoms with Crippen LogP contribution in [-0.4, -0.2) is 4.98 Å². The highest BCUT2D eigenvalue weighted by Gasteiger charge is 2.31. The Balaban J connectivity index is 2.08. The molecule has 3 aromatic rings. The van der Waals surface area contributed by atoms with E-state index in [2.05, 4.69) is 101 Å². The first-order chi connectivity index (χ1) is 12.8. The van der Waals surface area contributed by atoms with Gasteiger partial charge >= 0.3 is 0 Å². The number of rotatable bonds is 5. The molecular formula is C25H30N2. The normalized spacial score (nSPS) is 13.8. The Hall–Kier alpha value is -2.61. The van der Waals surface area contributed by atoms with Gasteiger partial charge in [-0.2, -0.15) is 0 Å². The van der Waals surface area contributed by atoms with Gasteiger partial charge in [0.25, 0.3) is 0 Å². The van der Waals surface area contributed by atoms with E-state index >= 15 is 0 Å². The lowest BCUT2D eigenvalue weighted by atomic mass is 9.82. The maximum absolute atomic E-state index is 4.70. The molecule has 2 heteroatoms. The zero-order valence-electron chi connectivity index (χ0n) is 17.1. The van der Waals surface area contributed by atoms with Gasteiger partial charge in [-0.05, 0) is 48.1 Å². The topological polar surface area (TPSA) is 24.9 Å². The Labute approximate surface area is 163 Å². The zero-order chi connectivity index (χ0) is 19.5. The van der Waals surface area contributed by atoms with Crippen LogP contribution < -0.4 is 5.32 Å². The van der Waals surface area contributed by atoms with E-state index in [1.807, 2.05) is 12.3 Å². The van der Waals surface area contributed by atoms with Crippen molar-refractivity contribution in [2.45, 2.75) is 52.0 Å². The standard InChI is InChI=1S/C25H30N2/c1-19-12-11-15-21(24(2,3)4)23(19)27-25(5,22-16-9-10-17-26-22)18-20-13-7-6-8-14-20/h6-17,27H,18H2,1-5H3. The Morgan fingerprint density at radius 2 is 1.52 bits per heavy atom. The molecule has 3 rings (SSSR count). The lowest BCUT2D eigenvalue weighted by Gasteiger charge is -2.35. The molecular weight excluding hydrogens is 328 g/mol. The molecule has 0 spiro atoms. The van der Waals surface area contributed by atoms with Crippen molar-refractivity contribution in [1.29, 1.82) is 0 Å². The molecule has 0 bridgehead atoms. The molecule has 27 heavy (non-hydrogen) atoms. The third-order valence-electron chi connectivity index (χ3n) is 5.11. The Morgan fingerprint density at radius 3 is 2.15 bits per heavy atom. The van der Waals surface area contributed by atoms with E-state index in [0.29, 0.717) is 0 Å². The number of hydrogen-bond acceptors (Lipinski definition) is 2. The van der Waals surface area contributed by atoms with E-state index in [-0.39, 0.29) is 11.0 Å². The summed E-state index contributed by atoms with van der Waals surface area (Å²) in [5.74, 6) is 0. The van der Waals surface area contributed by atoms with Crippen molar-refractivity contribution in [3.05, 3.63) is 95.3 Å². The number of nitrogens with zero attached hydrogens (tertiary/aromatic N) is 1. The van der Waals surface area contributed by atoms with Gasteiger partial charge in [-0.1, -0.05) is 75.4 Å². The third-order valence-corrected chi connectivity index (χ3v) is 5.11.